The lowest BCUT2D eigenvalue weighted by Crippen LogP contribution is -2.47. The Balaban J connectivity index is 0.000000177. The Morgan fingerprint density at radius 2 is 0.813 bits per heavy atom. The van der Waals surface area contributed by atoms with Gasteiger partial charge in [-0.2, -0.15) is 0 Å². The number of halogens is 4. The fourth-order valence-corrected chi connectivity index (χ4v) is 14.9. The number of nitrogens with zero attached hydrogens (tertiary/aromatic N) is 15. The number of para-hydroxylation sites is 8. The normalized spacial score (nSPS) is 14.0. The molecule has 43 nitrogen and oxygen atoms in total. The Hall–Kier alpha value is -16.3. The first-order chi connectivity index (χ1) is 71.8. The lowest BCUT2D eigenvalue weighted by Gasteiger charge is -2.26. The first-order valence-electron chi connectivity index (χ1n) is 45.0. The molecule has 0 bridgehead atoms. The number of benzene rings is 10. The number of fused-ring (bicyclic) bond motifs is 5. The van der Waals surface area contributed by atoms with Gasteiger partial charge in [-0.15, -0.1) is 11.6 Å². The Morgan fingerprint density at radius 1 is 0.473 bits per heavy atom. The van der Waals surface area contributed by atoms with Gasteiger partial charge in [-0.05, 0) is 154 Å². The number of hydrogen-bond donors (Lipinski definition) is 12. The molecule has 150 heavy (non-hydrogen) atoms. The number of carbonyl (C=O) groups is 5. The average molecular weight is 2140 g/mol. The van der Waals surface area contributed by atoms with Crippen molar-refractivity contribution in [1.82, 2.24) is 70.9 Å². The van der Waals surface area contributed by atoms with Crippen molar-refractivity contribution in [2.45, 2.75) is 39.1 Å². The molecule has 2 unspecified atom stereocenters. The van der Waals surface area contributed by atoms with Gasteiger partial charge in [-0.3, -0.25) is 99.5 Å². The number of carboxylic acids is 1. The first-order valence-corrected chi connectivity index (χ1v) is 48.7. The number of nitrogen functional groups attached to an aromatic ring is 1. The Morgan fingerprint density at radius 3 is 1.17 bits per heavy atom. The summed E-state index contributed by atoms with van der Waals surface area (Å²) in [5.74, 6) is 0.194. The maximum Gasteiger partial charge on any atom is 0.488 e. The second kappa shape index (κ2) is 57.7. The highest BCUT2D eigenvalue weighted by Crippen LogP contribution is 2.33. The number of aromatic carboxylic acids is 1. The number of piperazine rings is 3. The van der Waals surface area contributed by atoms with Crippen LogP contribution in [0.4, 0.5) is 34.1 Å². The van der Waals surface area contributed by atoms with E-state index in [1.54, 1.807) is 43.0 Å². The number of non-ortho nitro benzene ring substituents is 5. The number of nitrogens with one attached hydrogen (secondary N) is 4. The van der Waals surface area contributed by atoms with Crippen LogP contribution >= 0.6 is 44.6 Å². The largest absolute Gasteiger partial charge is 0.488 e. The van der Waals surface area contributed by atoms with E-state index in [1.807, 2.05) is 120 Å². The minimum Gasteiger partial charge on any atom is -0.478 e. The summed E-state index contributed by atoms with van der Waals surface area (Å²) >= 11 is 10.5. The molecule has 14 aromatic rings. The Kier molecular flexibility index (Phi) is 44.5. The number of nitro groups is 5. The molecule has 7 heterocycles. The van der Waals surface area contributed by atoms with Crippen LogP contribution in [0.2, 0.25) is 0 Å². The number of rotatable bonds is 20. The summed E-state index contributed by atoms with van der Waals surface area (Å²) in [4.78, 5) is 145. The quantitative estimate of drug-likeness (QED) is 0.00641. The third-order valence-corrected chi connectivity index (χ3v) is 22.1. The van der Waals surface area contributed by atoms with E-state index >= 15 is 0 Å². The van der Waals surface area contributed by atoms with E-state index in [1.165, 1.54) is 48.0 Å². The molecule has 10 aromatic carbocycles. The second-order valence-corrected chi connectivity index (χ2v) is 35.8. The van der Waals surface area contributed by atoms with Crippen molar-refractivity contribution in [2.75, 3.05) is 64.6 Å². The summed E-state index contributed by atoms with van der Waals surface area (Å²) in [6.45, 7) is 11.4. The predicted molar refractivity (Wildman–Crippen MR) is 570 cm³/mol. The summed E-state index contributed by atoms with van der Waals surface area (Å²) in [5.41, 5.74) is 21.4. The van der Waals surface area contributed by atoms with Gasteiger partial charge in [0.25, 0.3) is 28.4 Å². The molecule has 772 valence electrons. The number of alkyl halides is 1. The summed E-state index contributed by atoms with van der Waals surface area (Å²) in [7, 11) is 3.64. The fourth-order valence-electron chi connectivity index (χ4n) is 14.8. The van der Waals surface area contributed by atoms with E-state index in [2.05, 4.69) is 145 Å². The summed E-state index contributed by atoms with van der Waals surface area (Å²) in [6, 6.07) is 56.4. The van der Waals surface area contributed by atoms with E-state index < -0.39 is 65.0 Å². The van der Waals surface area contributed by atoms with Crippen molar-refractivity contribution < 1.29 is 88.2 Å². The monoisotopic (exact) mass is 2140 g/mol. The van der Waals surface area contributed by atoms with Gasteiger partial charge in [0.1, 0.15) is 0 Å². The number of hydrogen-bond acceptors (Lipinski definition) is 34. The zero-order valence-electron chi connectivity index (χ0n) is 79.3. The van der Waals surface area contributed by atoms with Gasteiger partial charge in [0.05, 0.1) is 155 Å². The molecule has 5 aliphatic rings. The van der Waals surface area contributed by atoms with Crippen molar-refractivity contribution >= 4 is 186 Å². The van der Waals surface area contributed by atoms with Crippen LogP contribution in [0.25, 0.3) is 89.2 Å². The lowest BCUT2D eigenvalue weighted by molar-refractivity contribution is -0.385. The fraction of sp³-hybridized carbons (Fsp3) is 0.170. The third kappa shape index (κ3) is 36.7. The molecule has 13 N–H and O–H groups in total. The number of allylic oxidation sites excluding steroid dienone is 9. The summed E-state index contributed by atoms with van der Waals surface area (Å²) < 4.78 is 9.09. The minimum atomic E-state index is -1.94. The molecule has 2 atom stereocenters. The van der Waals surface area contributed by atoms with Gasteiger partial charge < -0.3 is 62.4 Å². The topological polar surface area (TPSA) is 643 Å². The summed E-state index contributed by atoms with van der Waals surface area (Å²) in [6.07, 6.45) is 23.2. The number of aliphatic hydroxyl groups excluding tert-OH is 2. The number of nitro benzene ring substituents is 5. The van der Waals surface area contributed by atoms with Gasteiger partial charge in [0.2, 0.25) is 32.2 Å². The Bertz CT molecular complexity index is 7270. The van der Waals surface area contributed by atoms with Gasteiger partial charge in [-0.1, -0.05) is 109 Å². The van der Waals surface area contributed by atoms with Crippen LogP contribution in [0.5, 0.6) is 0 Å². The van der Waals surface area contributed by atoms with E-state index in [0.717, 1.165) is 111 Å². The Labute approximate surface area is 876 Å². The molecule has 0 radical (unpaired) electrons. The van der Waals surface area contributed by atoms with E-state index in [0.29, 0.717) is 114 Å². The van der Waals surface area contributed by atoms with Crippen LogP contribution in [0.15, 0.2) is 292 Å². The van der Waals surface area contributed by atoms with E-state index in [9.17, 15) is 79.7 Å². The highest BCUT2D eigenvalue weighted by atomic mass is 36.0. The van der Waals surface area contributed by atoms with Crippen LogP contribution in [0, 0.1) is 62.4 Å². The number of carboxylic acid groups (broad SMARTS) is 1. The lowest BCUT2D eigenvalue weighted by atomic mass is 9.79. The SMILES string of the molecule is C=CC(=O)Cl.CC1=CC2C=CC=CC2C=C1.Nc1cc(CN2CCNC(=O)C2)cc(-c2cnc3ccccc3n2)c1.O=C(O)c1cc(B(O)O)cc([N+](=O)[O-])c1.O=C1CN(Cc2cc(-c3cnc4ccccc4n3)cc([N+](=O)[O-])c2)CCN1.O=C1CNCCN1.O=S(Cl)Cl.O=[N+]([O-])c1cc(CCl)cc(-c2cnc3ccccc3n2)c1.O=[N+]([O-])c1cc(CO)cc(-c2cnc3ccccc3n2)c1.O=[N+]([O-])c1cc(CO)cc(B(O)O)c1. The molecule has 3 saturated heterocycles. The molecular weight excluding hydrogens is 2040 g/mol. The summed E-state index contributed by atoms with van der Waals surface area (Å²) in [5, 5.41) is 127. The van der Waals surface area contributed by atoms with Crippen LogP contribution in [-0.2, 0) is 60.6 Å². The zero-order chi connectivity index (χ0) is 109. The van der Waals surface area contributed by atoms with Gasteiger partial charge in [-0.25, -0.2) is 28.9 Å². The standard InChI is InChI=1S/C19H17N5O3.C19H19N5O.C15H10ClN3O2.C15H11N3O3.C11H12.C7H6BNO6.C7H8BNO5.C4H8N2O.C3H3ClO.Cl2OS/c25-19-12-23(6-5-20-19)11-13-7-14(9-15(8-13)24(26)27)18-10-21-16-3-1-2-4-17(16)22-18;20-15-8-13(11-24-6-5-21-19(25)12-24)7-14(9-15)18-10-22-16-3-1-2-4-17(16)23-18;16-8-10-5-11(7-12(6-10)19(20)21)15-9-17-13-3-1-2-4-14(13)18-15;19-9-10-5-11(7-12(6-10)18(20)21)15-8-16-13-3-1-2-4-14(13)17-15;1-9-6-7-10-4-2-3-5-11(10)8-9;10-7(11)4-1-5(8(12)13)3-6(2-4)9(14)15;10-4-5-1-6(8(11)12)3-7(2-5)9(13)14;7-4-3-5-1-2-6-4;1-2-3(4)5;1-4(2)3/h1-4,7-10H,5-6,11-12H2,(H,20,25);1-4,7-10H,5-6,11-12,20H2,(H,21,25);1-7,9H,8H2;1-8,19H,9H2;2-8,10-11H,1H3;1-3,12-13H,(H,10,11);1-3,10-12H,4H2;5H,1-3H2,(H,6,7);2H,1H2;. The van der Waals surface area contributed by atoms with Crippen molar-refractivity contribution in [3.8, 4) is 45.0 Å². The zero-order valence-corrected chi connectivity index (χ0v) is 83.2. The van der Waals surface area contributed by atoms with Crippen molar-refractivity contribution in [3.63, 3.8) is 0 Å². The highest BCUT2D eigenvalue weighted by Gasteiger charge is 2.26. The van der Waals surface area contributed by atoms with Crippen LogP contribution in [0.1, 0.15) is 45.1 Å². The van der Waals surface area contributed by atoms with Gasteiger partial charge in [0, 0.05) is 180 Å². The molecule has 3 amide bonds. The smallest absolute Gasteiger partial charge is 0.478 e. The van der Waals surface area contributed by atoms with Gasteiger partial charge >= 0.3 is 20.2 Å². The number of aliphatic hydroxyl groups is 2. The number of amides is 3. The number of nitrogens with two attached hydrogens (primary N) is 1. The number of aromatic nitrogens is 8. The molecule has 0 spiro atoms. The molecule has 50 heteroatoms. The van der Waals surface area contributed by atoms with Crippen molar-refractivity contribution in [2.24, 2.45) is 11.8 Å². The molecule has 2 aliphatic carbocycles. The number of carbonyl (C=O) groups excluding carboxylic acids is 4. The third-order valence-electron chi connectivity index (χ3n) is 21.7. The van der Waals surface area contributed by atoms with Crippen LogP contribution < -0.4 is 37.9 Å². The highest BCUT2D eigenvalue weighted by molar-refractivity contribution is 8.26. The predicted octanol–water partition coefficient (Wildman–Crippen LogP) is 11.9. The average Bonchev–Trinajstić information content (AvgIpc) is 0.813. The molecular formula is C100H94B2Cl4N20O23S. The molecule has 0 saturated carbocycles. The van der Waals surface area contributed by atoms with Gasteiger partial charge in [0.15, 0.2) is 0 Å². The first kappa shape index (κ1) is 116. The minimum absolute atomic E-state index is 0.00100. The second-order valence-electron chi connectivity index (χ2n) is 32.7. The molecule has 4 aromatic heterocycles. The maximum atomic E-state index is 11.6. The van der Waals surface area contributed by atoms with Crippen molar-refractivity contribution in [1.29, 1.82) is 0 Å². The molecule has 3 aliphatic heterocycles. The molecule has 19 rings (SSSR count). The van der Waals surface area contributed by atoms with E-state index in [-0.39, 0.29) is 88.2 Å². The van der Waals surface area contributed by atoms with Crippen molar-refractivity contribution in [3.05, 3.63) is 376 Å². The van der Waals surface area contributed by atoms with Crippen LogP contribution in [-0.4, -0.2) is 216 Å². The van der Waals surface area contributed by atoms with Crippen LogP contribution in [0.3, 0.4) is 0 Å². The molecule has 3 fully saturated rings. The van der Waals surface area contributed by atoms with E-state index in [4.69, 9.17) is 68.4 Å². The maximum absolute atomic E-state index is 11.6. The number of anilines is 1.